The van der Waals surface area contributed by atoms with Crippen molar-refractivity contribution < 1.29 is 4.92 Å². The van der Waals surface area contributed by atoms with Crippen LogP contribution in [0.15, 0.2) is 35.1 Å². The van der Waals surface area contributed by atoms with Crippen molar-refractivity contribution in [3.63, 3.8) is 0 Å². The Kier molecular flexibility index (Phi) is 3.41. The molecule has 0 atom stereocenters. The van der Waals surface area contributed by atoms with E-state index in [0.717, 1.165) is 23.7 Å². The molecule has 0 saturated heterocycles. The molecule has 0 fully saturated rings. The van der Waals surface area contributed by atoms with Gasteiger partial charge in [0.05, 0.1) is 10.4 Å². The van der Waals surface area contributed by atoms with Gasteiger partial charge in [-0.05, 0) is 18.6 Å². The molecule has 0 radical (unpaired) electrons. The van der Waals surface area contributed by atoms with Crippen molar-refractivity contribution in [1.29, 1.82) is 0 Å². The predicted molar refractivity (Wildman–Crippen MR) is 69.8 cm³/mol. The lowest BCUT2D eigenvalue weighted by Gasteiger charge is -2.08. The normalized spacial score (nSPS) is 10.7. The van der Waals surface area contributed by atoms with Crippen molar-refractivity contribution in [2.24, 2.45) is 0 Å². The Morgan fingerprint density at radius 3 is 2.72 bits per heavy atom. The van der Waals surface area contributed by atoms with E-state index in [9.17, 15) is 14.9 Å². The van der Waals surface area contributed by atoms with Crippen molar-refractivity contribution in [1.82, 2.24) is 4.57 Å². The average molecular weight is 246 g/mol. The lowest BCUT2D eigenvalue weighted by Crippen LogP contribution is -2.19. The molecule has 1 heterocycles. The van der Waals surface area contributed by atoms with E-state index in [1.165, 1.54) is 18.2 Å². The second kappa shape index (κ2) is 5.00. The summed E-state index contributed by atoms with van der Waals surface area (Å²) in [6, 6.07) is 7.67. The first-order valence-electron chi connectivity index (χ1n) is 5.91. The summed E-state index contributed by atoms with van der Waals surface area (Å²) in [6.07, 6.45) is 1.91. The number of fused-ring (bicyclic) bond motifs is 1. The highest BCUT2D eigenvalue weighted by molar-refractivity contribution is 5.81. The summed E-state index contributed by atoms with van der Waals surface area (Å²) in [5.74, 6) is 0. The van der Waals surface area contributed by atoms with Crippen molar-refractivity contribution in [2.45, 2.75) is 26.3 Å². The number of aryl methyl sites for hydroxylation is 1. The summed E-state index contributed by atoms with van der Waals surface area (Å²) >= 11 is 0. The van der Waals surface area contributed by atoms with Crippen molar-refractivity contribution in [3.8, 4) is 0 Å². The summed E-state index contributed by atoms with van der Waals surface area (Å²) in [5.41, 5.74) is 0.731. The topological polar surface area (TPSA) is 65.1 Å². The van der Waals surface area contributed by atoms with E-state index in [0.29, 0.717) is 6.54 Å². The van der Waals surface area contributed by atoms with Crippen molar-refractivity contribution in [2.75, 3.05) is 0 Å². The van der Waals surface area contributed by atoms with Gasteiger partial charge in [-0.3, -0.25) is 14.9 Å². The summed E-state index contributed by atoms with van der Waals surface area (Å²) in [6.45, 7) is 2.70. The number of nitrogens with zero attached hydrogens (tertiary/aromatic N) is 2. The van der Waals surface area contributed by atoms with Gasteiger partial charge in [0.25, 0.3) is 11.2 Å². The molecule has 0 aliphatic heterocycles. The second-order valence-electron chi connectivity index (χ2n) is 4.18. The van der Waals surface area contributed by atoms with Gasteiger partial charge in [0.15, 0.2) is 0 Å². The van der Waals surface area contributed by atoms with Crippen LogP contribution in [-0.4, -0.2) is 9.49 Å². The highest BCUT2D eigenvalue weighted by Crippen LogP contribution is 2.19. The molecule has 0 bridgehead atoms. The standard InChI is InChI=1S/C13H14N2O3/c1-2-3-8-14-12-6-5-11(15(17)18)9-10(12)4-7-13(14)16/h4-7,9H,2-3,8H2,1H3. The molecule has 2 aromatic rings. The lowest BCUT2D eigenvalue weighted by molar-refractivity contribution is -0.384. The van der Waals surface area contributed by atoms with E-state index in [1.54, 1.807) is 16.7 Å². The first-order valence-corrected chi connectivity index (χ1v) is 5.91. The third-order valence-corrected chi connectivity index (χ3v) is 2.92. The zero-order valence-electron chi connectivity index (χ0n) is 10.1. The molecular formula is C13H14N2O3. The molecule has 5 heteroatoms. The van der Waals surface area contributed by atoms with Gasteiger partial charge in [-0.2, -0.15) is 0 Å². The largest absolute Gasteiger partial charge is 0.308 e. The Bertz CT molecular complexity index is 646. The third kappa shape index (κ3) is 2.25. The zero-order chi connectivity index (χ0) is 13.1. The van der Waals surface area contributed by atoms with Gasteiger partial charge in [-0.1, -0.05) is 13.3 Å². The van der Waals surface area contributed by atoms with Crippen LogP contribution in [0.4, 0.5) is 5.69 Å². The average Bonchev–Trinajstić information content (AvgIpc) is 2.37. The molecule has 1 aromatic carbocycles. The molecule has 0 aliphatic rings. The predicted octanol–water partition coefficient (Wildman–Crippen LogP) is 2.71. The quantitative estimate of drug-likeness (QED) is 0.615. The number of non-ortho nitro benzene ring substituents is 1. The minimum Gasteiger partial charge on any atom is -0.308 e. The summed E-state index contributed by atoms with van der Waals surface area (Å²) < 4.78 is 1.67. The second-order valence-corrected chi connectivity index (χ2v) is 4.18. The number of rotatable bonds is 4. The highest BCUT2D eigenvalue weighted by Gasteiger charge is 2.08. The van der Waals surface area contributed by atoms with E-state index in [-0.39, 0.29) is 11.2 Å². The molecule has 0 saturated carbocycles. The smallest absolute Gasteiger partial charge is 0.270 e. The maximum absolute atomic E-state index is 11.8. The van der Waals surface area contributed by atoms with Crippen LogP contribution in [0.2, 0.25) is 0 Å². The Balaban J connectivity index is 2.59. The van der Waals surface area contributed by atoms with Gasteiger partial charge in [0.2, 0.25) is 0 Å². The number of nitro groups is 1. The van der Waals surface area contributed by atoms with Gasteiger partial charge < -0.3 is 4.57 Å². The molecule has 0 amide bonds. The van der Waals surface area contributed by atoms with Crippen LogP contribution >= 0.6 is 0 Å². The fraction of sp³-hybridized carbons (Fsp3) is 0.308. The van der Waals surface area contributed by atoms with Crippen LogP contribution in [0.1, 0.15) is 19.8 Å². The fourth-order valence-corrected chi connectivity index (χ4v) is 1.95. The van der Waals surface area contributed by atoms with Gasteiger partial charge >= 0.3 is 0 Å². The number of hydrogen-bond acceptors (Lipinski definition) is 3. The fourth-order valence-electron chi connectivity index (χ4n) is 1.95. The van der Waals surface area contributed by atoms with Crippen LogP contribution in [0.5, 0.6) is 0 Å². The van der Waals surface area contributed by atoms with Gasteiger partial charge in [-0.15, -0.1) is 0 Å². The van der Waals surface area contributed by atoms with E-state index in [1.807, 2.05) is 0 Å². The van der Waals surface area contributed by atoms with E-state index in [2.05, 4.69) is 6.92 Å². The first kappa shape index (κ1) is 12.3. The van der Waals surface area contributed by atoms with Gasteiger partial charge in [0, 0.05) is 30.1 Å². The van der Waals surface area contributed by atoms with Crippen LogP contribution in [-0.2, 0) is 6.54 Å². The molecule has 5 nitrogen and oxygen atoms in total. The Hall–Kier alpha value is -2.17. The summed E-state index contributed by atoms with van der Waals surface area (Å²) in [4.78, 5) is 22.1. The Morgan fingerprint density at radius 1 is 1.28 bits per heavy atom. The number of aromatic nitrogens is 1. The highest BCUT2D eigenvalue weighted by atomic mass is 16.6. The molecular weight excluding hydrogens is 232 g/mol. The maximum Gasteiger partial charge on any atom is 0.270 e. The number of hydrogen-bond donors (Lipinski definition) is 0. The van der Waals surface area contributed by atoms with Crippen molar-refractivity contribution >= 4 is 16.6 Å². The van der Waals surface area contributed by atoms with Crippen LogP contribution < -0.4 is 5.56 Å². The summed E-state index contributed by atoms with van der Waals surface area (Å²) in [5, 5.41) is 11.4. The molecule has 94 valence electrons. The number of benzene rings is 1. The molecule has 0 spiro atoms. The van der Waals surface area contributed by atoms with Gasteiger partial charge in [0.1, 0.15) is 0 Å². The van der Waals surface area contributed by atoms with Crippen LogP contribution in [0, 0.1) is 10.1 Å². The van der Waals surface area contributed by atoms with E-state index >= 15 is 0 Å². The minimum atomic E-state index is -0.430. The SMILES string of the molecule is CCCCn1c(=O)ccc2cc([N+](=O)[O-])ccc21. The molecule has 0 aliphatic carbocycles. The Morgan fingerprint density at radius 2 is 2.06 bits per heavy atom. The number of nitro benzene ring substituents is 1. The summed E-state index contributed by atoms with van der Waals surface area (Å²) in [7, 11) is 0. The number of pyridine rings is 1. The minimum absolute atomic E-state index is 0.0446. The Labute approximate surface area is 104 Å². The van der Waals surface area contributed by atoms with E-state index in [4.69, 9.17) is 0 Å². The first-order chi connectivity index (χ1) is 8.63. The molecule has 2 rings (SSSR count). The van der Waals surface area contributed by atoms with E-state index < -0.39 is 4.92 Å². The zero-order valence-corrected chi connectivity index (χ0v) is 10.1. The molecule has 0 N–H and O–H groups in total. The monoisotopic (exact) mass is 246 g/mol. The third-order valence-electron chi connectivity index (χ3n) is 2.92. The lowest BCUT2D eigenvalue weighted by atomic mass is 10.2. The van der Waals surface area contributed by atoms with Crippen LogP contribution in [0.3, 0.4) is 0 Å². The maximum atomic E-state index is 11.8. The van der Waals surface area contributed by atoms with Gasteiger partial charge in [-0.25, -0.2) is 0 Å². The van der Waals surface area contributed by atoms with Crippen LogP contribution in [0.25, 0.3) is 10.9 Å². The molecule has 0 unspecified atom stereocenters. The molecule has 18 heavy (non-hydrogen) atoms. The number of unbranched alkanes of at least 4 members (excludes halogenated alkanes) is 1. The van der Waals surface area contributed by atoms with Crippen molar-refractivity contribution in [3.05, 3.63) is 50.8 Å². The molecule has 1 aromatic heterocycles.